The van der Waals surface area contributed by atoms with Gasteiger partial charge in [0, 0.05) is 40.2 Å². The number of amides is 1. The van der Waals surface area contributed by atoms with E-state index in [1.54, 1.807) is 24.3 Å². The summed E-state index contributed by atoms with van der Waals surface area (Å²) >= 11 is 8.84. The maximum absolute atomic E-state index is 13.2. The number of thioether (sulfide) groups is 1. The van der Waals surface area contributed by atoms with Crippen LogP contribution in [0.3, 0.4) is 0 Å². The van der Waals surface area contributed by atoms with E-state index in [9.17, 15) is 25.2 Å². The largest absolute Gasteiger partial charge is 0.492 e. The first-order valence-electron chi connectivity index (χ1n) is 17.4. The molecule has 5 rings (SSSR count). The Labute approximate surface area is 332 Å². The standard InChI is InChI=1S/C40H39ClN8O4S2/c41-28-13-9-27(10-14-28)38-47-29(23-54-38)24-55-39-32(22-44)35(31(21-43)36(45)49-39)26-11-15-30(16-12-26)53-19-18-46-33(8-4-5-17-42)37(50)48-34(40(51)52)20-25-6-2-1-3-7-25/h1-3,6-7,9-16,23,33-34,46H,4-5,8,17-20,24,42H2,(H2,45,49)(H,48,50)(H,51,52)/t33-,34+/m0/s1. The molecular weight excluding hydrogens is 756 g/mol. The van der Waals surface area contributed by atoms with Crippen molar-refractivity contribution in [3.05, 3.63) is 112 Å². The molecule has 5 aromatic rings. The molecule has 0 aliphatic carbocycles. The number of carbonyl (C=O) groups excluding carboxylic acids is 1. The third kappa shape index (κ3) is 11.3. The molecule has 7 N–H and O–H groups in total. The number of anilines is 1. The summed E-state index contributed by atoms with van der Waals surface area (Å²) in [5, 5.41) is 39.8. The van der Waals surface area contributed by atoms with Crippen molar-refractivity contribution < 1.29 is 19.4 Å². The average Bonchev–Trinajstić information content (AvgIpc) is 3.67. The fourth-order valence-electron chi connectivity index (χ4n) is 5.69. The molecule has 15 heteroatoms. The Hall–Kier alpha value is -5.48. The first-order valence-corrected chi connectivity index (χ1v) is 19.7. The molecule has 3 aromatic carbocycles. The Balaban J connectivity index is 1.22. The van der Waals surface area contributed by atoms with Gasteiger partial charge in [0.25, 0.3) is 0 Å². The number of unbranched alkanes of at least 4 members (excludes halogenated alkanes) is 1. The van der Waals surface area contributed by atoms with Gasteiger partial charge in [-0.1, -0.05) is 84.4 Å². The Morgan fingerprint density at radius 3 is 2.33 bits per heavy atom. The van der Waals surface area contributed by atoms with Crippen LogP contribution in [0.4, 0.5) is 5.82 Å². The molecule has 55 heavy (non-hydrogen) atoms. The van der Waals surface area contributed by atoms with Crippen LogP contribution in [0.1, 0.15) is 41.6 Å². The maximum Gasteiger partial charge on any atom is 0.326 e. The summed E-state index contributed by atoms with van der Waals surface area (Å²) < 4.78 is 5.95. The van der Waals surface area contributed by atoms with Crippen LogP contribution in [-0.2, 0) is 21.8 Å². The second kappa shape index (κ2) is 20.3. The number of hydrogen-bond acceptors (Lipinski definition) is 12. The summed E-state index contributed by atoms with van der Waals surface area (Å²) in [6.07, 6.45) is 2.05. The number of halogens is 1. The average molecular weight is 795 g/mol. The topological polar surface area (TPSA) is 213 Å². The van der Waals surface area contributed by atoms with Crippen LogP contribution < -0.4 is 26.8 Å². The van der Waals surface area contributed by atoms with Crippen LogP contribution in [0.5, 0.6) is 5.75 Å². The van der Waals surface area contributed by atoms with Gasteiger partial charge in [-0.2, -0.15) is 10.5 Å². The molecule has 2 atom stereocenters. The van der Waals surface area contributed by atoms with Crippen LogP contribution in [0.2, 0.25) is 5.02 Å². The Morgan fingerprint density at radius 1 is 0.945 bits per heavy atom. The predicted molar refractivity (Wildman–Crippen MR) is 216 cm³/mol. The minimum atomic E-state index is -1.11. The van der Waals surface area contributed by atoms with Crippen LogP contribution in [0.25, 0.3) is 21.7 Å². The number of nitrogens with zero attached hydrogens (tertiary/aromatic N) is 4. The highest BCUT2D eigenvalue weighted by Crippen LogP contribution is 2.37. The number of ether oxygens (including phenoxy) is 1. The van der Waals surface area contributed by atoms with Gasteiger partial charge >= 0.3 is 5.97 Å². The number of aliphatic carboxylic acids is 1. The number of carboxylic acids is 1. The van der Waals surface area contributed by atoms with Crippen molar-refractivity contribution in [1.29, 1.82) is 10.5 Å². The van der Waals surface area contributed by atoms with Gasteiger partial charge in [-0.05, 0) is 54.8 Å². The number of aromatic nitrogens is 2. The van der Waals surface area contributed by atoms with E-state index in [-0.39, 0.29) is 30.0 Å². The van der Waals surface area contributed by atoms with Gasteiger partial charge in [-0.3, -0.25) is 4.79 Å². The van der Waals surface area contributed by atoms with Crippen LogP contribution in [0, 0.1) is 22.7 Å². The molecule has 0 aliphatic rings. The number of pyridine rings is 1. The van der Waals surface area contributed by atoms with E-state index in [0.29, 0.717) is 58.6 Å². The lowest BCUT2D eigenvalue weighted by Gasteiger charge is -2.22. The van der Waals surface area contributed by atoms with Gasteiger partial charge in [0.05, 0.1) is 17.3 Å². The minimum Gasteiger partial charge on any atom is -0.492 e. The molecule has 2 heterocycles. The van der Waals surface area contributed by atoms with E-state index < -0.39 is 24.0 Å². The highest BCUT2D eigenvalue weighted by Gasteiger charge is 2.25. The highest BCUT2D eigenvalue weighted by molar-refractivity contribution is 7.98. The number of hydrogen-bond donors (Lipinski definition) is 5. The number of carboxylic acid groups (broad SMARTS) is 1. The number of nitrogen functional groups attached to an aromatic ring is 1. The third-order valence-electron chi connectivity index (χ3n) is 8.48. The van der Waals surface area contributed by atoms with Crippen molar-refractivity contribution >= 4 is 52.4 Å². The highest BCUT2D eigenvalue weighted by atomic mass is 35.5. The maximum atomic E-state index is 13.2. The molecule has 2 aromatic heterocycles. The number of nitriles is 2. The van der Waals surface area contributed by atoms with Gasteiger partial charge in [-0.15, -0.1) is 11.3 Å². The molecule has 0 spiro atoms. The van der Waals surface area contributed by atoms with E-state index in [4.69, 9.17) is 32.8 Å². The van der Waals surface area contributed by atoms with Gasteiger partial charge in [-0.25, -0.2) is 14.8 Å². The Morgan fingerprint density at radius 2 is 1.65 bits per heavy atom. The number of thiazole rings is 1. The number of nitrogens with two attached hydrogens (primary N) is 2. The summed E-state index contributed by atoms with van der Waals surface area (Å²) in [4.78, 5) is 34.3. The lowest BCUT2D eigenvalue weighted by molar-refractivity contribution is -0.142. The summed E-state index contributed by atoms with van der Waals surface area (Å²) in [6, 6.07) is 26.1. The SMILES string of the molecule is N#Cc1c(N)nc(SCc2csc(-c3ccc(Cl)cc3)n2)c(C#N)c1-c1ccc(OCCN[C@@H](CCCCN)C(=O)N[C@H](Cc2ccccc2)C(=O)O)cc1. The number of rotatable bonds is 19. The zero-order valence-corrected chi connectivity index (χ0v) is 32.1. The number of nitrogens with one attached hydrogen (secondary N) is 2. The number of carbonyl (C=O) groups is 2. The van der Waals surface area contributed by atoms with Gasteiger partial charge in [0.2, 0.25) is 5.91 Å². The van der Waals surface area contributed by atoms with E-state index in [2.05, 4.69) is 27.8 Å². The smallest absolute Gasteiger partial charge is 0.326 e. The fraction of sp³-hybridized carbons (Fsp3) is 0.250. The second-order valence-electron chi connectivity index (χ2n) is 12.3. The molecule has 282 valence electrons. The zero-order chi connectivity index (χ0) is 39.2. The van der Waals surface area contributed by atoms with E-state index >= 15 is 0 Å². The monoisotopic (exact) mass is 794 g/mol. The second-order valence-corrected chi connectivity index (χ2v) is 14.6. The van der Waals surface area contributed by atoms with Crippen LogP contribution in [-0.4, -0.2) is 58.7 Å². The first kappa shape index (κ1) is 40.7. The van der Waals surface area contributed by atoms with Crippen molar-refractivity contribution in [2.75, 3.05) is 25.4 Å². The molecule has 1 amide bonds. The molecule has 0 saturated heterocycles. The first-order chi connectivity index (χ1) is 26.7. The van der Waals surface area contributed by atoms with Gasteiger partial charge in [0.15, 0.2) is 0 Å². The van der Waals surface area contributed by atoms with E-state index in [1.807, 2.05) is 60.0 Å². The summed E-state index contributed by atoms with van der Waals surface area (Å²) in [7, 11) is 0. The lowest BCUT2D eigenvalue weighted by Crippen LogP contribution is -2.51. The minimum absolute atomic E-state index is 0.0188. The predicted octanol–water partition coefficient (Wildman–Crippen LogP) is 6.42. The Kier molecular flexibility index (Phi) is 15.0. The molecule has 0 radical (unpaired) electrons. The van der Waals surface area contributed by atoms with E-state index in [1.165, 1.54) is 23.1 Å². The molecule has 0 bridgehead atoms. The summed E-state index contributed by atoms with van der Waals surface area (Å²) in [5.41, 5.74) is 15.8. The summed E-state index contributed by atoms with van der Waals surface area (Å²) in [6.45, 7) is 0.993. The zero-order valence-electron chi connectivity index (χ0n) is 29.7. The molecule has 0 unspecified atom stereocenters. The normalized spacial score (nSPS) is 11.9. The van der Waals surface area contributed by atoms with Crippen molar-refractivity contribution in [3.8, 4) is 39.6 Å². The summed E-state index contributed by atoms with van der Waals surface area (Å²) in [5.74, 6) is -0.546. The quantitative estimate of drug-likeness (QED) is 0.0453. The van der Waals surface area contributed by atoms with Crippen LogP contribution >= 0.6 is 34.7 Å². The molecule has 12 nitrogen and oxygen atoms in total. The van der Waals surface area contributed by atoms with E-state index in [0.717, 1.165) is 28.2 Å². The molecule has 0 saturated carbocycles. The Bertz CT molecular complexity index is 2150. The van der Waals surface area contributed by atoms with Crippen molar-refractivity contribution in [2.24, 2.45) is 5.73 Å². The molecular formula is C40H39ClN8O4S2. The van der Waals surface area contributed by atoms with Crippen molar-refractivity contribution in [3.63, 3.8) is 0 Å². The fourth-order valence-corrected chi connectivity index (χ4v) is 7.64. The van der Waals surface area contributed by atoms with Gasteiger partial charge < -0.3 is 31.9 Å². The number of benzene rings is 3. The molecule has 0 aliphatic heterocycles. The third-order valence-corrected chi connectivity index (χ3v) is 10.7. The van der Waals surface area contributed by atoms with Gasteiger partial charge in [0.1, 0.15) is 52.0 Å². The molecule has 0 fully saturated rings. The van der Waals surface area contributed by atoms with Crippen molar-refractivity contribution in [2.45, 2.75) is 48.5 Å². The lowest BCUT2D eigenvalue weighted by atomic mass is 9.97. The van der Waals surface area contributed by atoms with Crippen molar-refractivity contribution in [1.82, 2.24) is 20.6 Å². The van der Waals surface area contributed by atoms with Crippen LogP contribution in [0.15, 0.2) is 89.3 Å².